The molecule has 1 heterocycles. The van der Waals surface area contributed by atoms with Crippen molar-refractivity contribution in [3.05, 3.63) is 53.8 Å². The maximum Gasteiger partial charge on any atom is 0.161 e. The van der Waals surface area contributed by atoms with Gasteiger partial charge in [-0.05, 0) is 35.9 Å². The molecule has 4 nitrogen and oxygen atoms in total. The number of Topliss-reactive ketones (excluding diaryl/α,β-unsaturated/α-hetero) is 1. The van der Waals surface area contributed by atoms with Crippen molar-refractivity contribution in [2.24, 2.45) is 17.3 Å². The number of rotatable bonds is 3. The lowest BCUT2D eigenvalue weighted by Gasteiger charge is -2.53. The van der Waals surface area contributed by atoms with Gasteiger partial charge in [0, 0.05) is 18.7 Å². The summed E-state index contributed by atoms with van der Waals surface area (Å²) in [5.41, 5.74) is 1.19. The Morgan fingerprint density at radius 1 is 1.29 bits per heavy atom. The molecule has 146 valence electrons. The fourth-order valence-electron chi connectivity index (χ4n) is 5.99. The predicted molar refractivity (Wildman–Crippen MR) is 112 cm³/mol. The van der Waals surface area contributed by atoms with Crippen molar-refractivity contribution in [2.45, 2.75) is 44.6 Å². The minimum atomic E-state index is -1.92. The number of hydrogen-bond acceptors (Lipinski definition) is 4. The Morgan fingerprint density at radius 2 is 2.00 bits per heavy atom. The summed E-state index contributed by atoms with van der Waals surface area (Å²) in [5.74, 6) is 0.350. The molecule has 0 aromatic heterocycles. The third-order valence-corrected chi connectivity index (χ3v) is 11.7. The normalized spacial score (nSPS) is 34.5. The number of allylic oxidation sites excluding steroid dienone is 3. The molecule has 4 rings (SSSR count). The van der Waals surface area contributed by atoms with Gasteiger partial charge in [0.05, 0.1) is 14.1 Å². The first kappa shape index (κ1) is 19.2. The largest absolute Gasteiger partial charge is 0.360 e. The highest BCUT2D eigenvalue weighted by atomic mass is 28.3. The molecule has 2 aliphatic carbocycles. The van der Waals surface area contributed by atoms with Gasteiger partial charge in [0.25, 0.3) is 0 Å². The zero-order chi connectivity index (χ0) is 20.1. The summed E-state index contributed by atoms with van der Waals surface area (Å²) < 4.78 is 5.45. The van der Waals surface area contributed by atoms with Gasteiger partial charge in [-0.1, -0.05) is 61.6 Å². The van der Waals surface area contributed by atoms with Crippen LogP contribution in [0, 0.1) is 28.6 Å². The first-order valence-electron chi connectivity index (χ1n) is 10.1. The molecule has 1 aromatic carbocycles. The molecule has 0 radical (unpaired) electrons. The number of dihydropyridines is 1. The van der Waals surface area contributed by atoms with Crippen molar-refractivity contribution < 1.29 is 9.53 Å². The van der Waals surface area contributed by atoms with E-state index in [1.165, 1.54) is 5.19 Å². The lowest BCUT2D eigenvalue weighted by atomic mass is 9.57. The second-order valence-corrected chi connectivity index (χ2v) is 13.7. The highest BCUT2D eigenvalue weighted by Crippen LogP contribution is 2.58. The van der Waals surface area contributed by atoms with Crippen molar-refractivity contribution in [1.29, 1.82) is 5.26 Å². The van der Waals surface area contributed by atoms with Crippen molar-refractivity contribution in [3.8, 4) is 6.07 Å². The molecule has 3 aliphatic rings. The highest BCUT2D eigenvalue weighted by Gasteiger charge is 2.60. The Morgan fingerprint density at radius 3 is 2.64 bits per heavy atom. The number of carbonyl (C=O) groups is 1. The molecule has 28 heavy (non-hydrogen) atoms. The van der Waals surface area contributed by atoms with Gasteiger partial charge in [0.1, 0.15) is 11.6 Å². The zero-order valence-electron chi connectivity index (χ0n) is 17.0. The summed E-state index contributed by atoms with van der Waals surface area (Å²) in [7, 11) is -0.255. The summed E-state index contributed by atoms with van der Waals surface area (Å²) in [5, 5.41) is 15.0. The van der Waals surface area contributed by atoms with Crippen molar-refractivity contribution >= 4 is 19.0 Å². The Kier molecular flexibility index (Phi) is 4.60. The molecule has 1 fully saturated rings. The minimum Gasteiger partial charge on any atom is -0.360 e. The van der Waals surface area contributed by atoms with Crippen LogP contribution in [0.3, 0.4) is 0 Å². The van der Waals surface area contributed by atoms with E-state index in [9.17, 15) is 10.1 Å². The van der Waals surface area contributed by atoms with Crippen LogP contribution >= 0.6 is 0 Å². The molecule has 1 aliphatic heterocycles. The smallest absolute Gasteiger partial charge is 0.161 e. The zero-order valence-corrected chi connectivity index (χ0v) is 18.0. The molecule has 1 saturated carbocycles. The summed E-state index contributed by atoms with van der Waals surface area (Å²) in [4.78, 5) is 13.7. The van der Waals surface area contributed by atoms with Crippen molar-refractivity contribution in [3.63, 3.8) is 0 Å². The summed E-state index contributed by atoms with van der Waals surface area (Å²) in [6.45, 7) is 7.01. The average molecular weight is 393 g/mol. The number of hydrogen-bond donors (Lipinski definition) is 1. The van der Waals surface area contributed by atoms with E-state index < -0.39 is 13.5 Å². The van der Waals surface area contributed by atoms with Gasteiger partial charge in [-0.25, -0.2) is 0 Å². The number of fused-ring (bicyclic) bond motifs is 3. The van der Waals surface area contributed by atoms with Crippen LogP contribution in [0.2, 0.25) is 18.6 Å². The van der Waals surface area contributed by atoms with Gasteiger partial charge in [-0.2, -0.15) is 5.26 Å². The van der Waals surface area contributed by atoms with E-state index in [0.29, 0.717) is 24.3 Å². The predicted octanol–water partition coefficient (Wildman–Crippen LogP) is 3.50. The lowest BCUT2D eigenvalue weighted by Crippen LogP contribution is -2.59. The molecule has 5 atom stereocenters. The highest BCUT2D eigenvalue weighted by molar-refractivity contribution is 6.91. The molecular weight excluding hydrogens is 364 g/mol. The number of carbonyl (C=O) groups excluding carboxylic acids is 1. The SMILES string of the molecule is COC1C=CC2=C(C[C@H]3C(=O)[C@]2(C#N)C[C@H](C)C3[Si](C)(C)c2ccccc2)N1. The average Bonchev–Trinajstić information content (AvgIpc) is 2.70. The van der Waals surface area contributed by atoms with Crippen LogP contribution in [0.1, 0.15) is 19.8 Å². The van der Waals surface area contributed by atoms with Crippen LogP contribution in [0.5, 0.6) is 0 Å². The van der Waals surface area contributed by atoms with E-state index >= 15 is 0 Å². The quantitative estimate of drug-likeness (QED) is 0.800. The van der Waals surface area contributed by atoms with E-state index in [2.05, 4.69) is 55.7 Å². The van der Waals surface area contributed by atoms with Gasteiger partial charge < -0.3 is 10.1 Å². The van der Waals surface area contributed by atoms with E-state index in [1.807, 2.05) is 18.2 Å². The lowest BCUT2D eigenvalue weighted by molar-refractivity contribution is -0.133. The molecule has 2 bridgehead atoms. The van der Waals surface area contributed by atoms with Crippen LogP contribution in [-0.4, -0.2) is 27.2 Å². The second-order valence-electron chi connectivity index (χ2n) is 9.04. The third kappa shape index (κ3) is 2.62. The van der Waals surface area contributed by atoms with Crippen LogP contribution in [-0.2, 0) is 9.53 Å². The van der Waals surface area contributed by atoms with E-state index in [0.717, 1.165) is 11.3 Å². The Hall–Kier alpha value is -2.16. The monoisotopic (exact) mass is 392 g/mol. The first-order valence-corrected chi connectivity index (χ1v) is 13.1. The maximum absolute atomic E-state index is 13.7. The molecule has 2 unspecified atom stereocenters. The Labute approximate surface area is 168 Å². The van der Waals surface area contributed by atoms with E-state index in [1.54, 1.807) is 7.11 Å². The fraction of sp³-hybridized carbons (Fsp3) is 0.478. The Bertz CT molecular complexity index is 899. The number of ether oxygens (including phenoxy) is 1. The molecule has 0 spiro atoms. The number of nitrogens with one attached hydrogen (secondary N) is 1. The molecule has 0 amide bonds. The van der Waals surface area contributed by atoms with E-state index in [4.69, 9.17) is 4.74 Å². The van der Waals surface area contributed by atoms with Gasteiger partial charge in [0.15, 0.2) is 5.78 Å². The summed E-state index contributed by atoms with van der Waals surface area (Å²) in [6, 6.07) is 13.1. The number of methoxy groups -OCH3 is 1. The standard InChI is InChI=1S/C23H28N2O2Si/c1-15-13-23(14-24)18-10-11-20(27-2)25-19(18)12-17(22(23)26)21(15)28(3,4)16-8-6-5-7-9-16/h5-11,15,17,20-21,25H,12-13H2,1-4H3/t15-,17+,20?,21?,23-/m0/s1. The van der Waals surface area contributed by atoms with Gasteiger partial charge in [0.2, 0.25) is 0 Å². The second kappa shape index (κ2) is 6.72. The first-order chi connectivity index (χ1) is 13.3. The molecule has 1 N–H and O–H groups in total. The van der Waals surface area contributed by atoms with Crippen LogP contribution in [0.15, 0.2) is 53.8 Å². The van der Waals surface area contributed by atoms with Crippen LogP contribution in [0.4, 0.5) is 0 Å². The van der Waals surface area contributed by atoms with Crippen molar-refractivity contribution in [2.75, 3.05) is 7.11 Å². The van der Waals surface area contributed by atoms with Gasteiger partial charge in [-0.3, -0.25) is 4.79 Å². The number of benzene rings is 1. The van der Waals surface area contributed by atoms with Crippen LogP contribution in [0.25, 0.3) is 0 Å². The third-order valence-electron chi connectivity index (χ3n) is 7.19. The Balaban J connectivity index is 1.80. The molecule has 0 saturated heterocycles. The van der Waals surface area contributed by atoms with Gasteiger partial charge >= 0.3 is 0 Å². The molecule has 5 heteroatoms. The summed E-state index contributed by atoms with van der Waals surface area (Å²) in [6.07, 6.45) is 4.95. The van der Waals surface area contributed by atoms with Crippen molar-refractivity contribution in [1.82, 2.24) is 5.32 Å². The number of nitrogens with zero attached hydrogens (tertiary/aromatic N) is 1. The minimum absolute atomic E-state index is 0.111. The molecular formula is C23H28N2O2Si. The number of nitriles is 1. The van der Waals surface area contributed by atoms with Gasteiger partial charge in [-0.15, -0.1) is 0 Å². The fourth-order valence-corrected chi connectivity index (χ4v) is 10.2. The summed E-state index contributed by atoms with van der Waals surface area (Å²) >= 11 is 0. The molecule has 1 aromatic rings. The van der Waals surface area contributed by atoms with E-state index in [-0.39, 0.29) is 17.9 Å². The topological polar surface area (TPSA) is 62.1 Å². The van der Waals surface area contributed by atoms with Crippen LogP contribution < -0.4 is 10.5 Å². The number of ketones is 1. The maximum atomic E-state index is 13.7.